The minimum Gasteiger partial charge on any atom is -0.496 e. The van der Waals surface area contributed by atoms with Crippen LogP contribution in [0.2, 0.25) is 10.0 Å². The number of methoxy groups -OCH3 is 1. The van der Waals surface area contributed by atoms with Gasteiger partial charge in [-0.3, -0.25) is 4.79 Å². The van der Waals surface area contributed by atoms with Gasteiger partial charge in [0.25, 0.3) is 0 Å². The van der Waals surface area contributed by atoms with Gasteiger partial charge in [0.2, 0.25) is 0 Å². The first-order valence-electron chi connectivity index (χ1n) is 12.7. The van der Waals surface area contributed by atoms with Gasteiger partial charge in [-0.25, -0.2) is 4.39 Å². The lowest BCUT2D eigenvalue weighted by Gasteiger charge is -2.37. The average molecular weight is 566 g/mol. The predicted octanol–water partition coefficient (Wildman–Crippen LogP) is 5.56. The number of benzene rings is 2. The third-order valence-electron chi connectivity index (χ3n) is 7.18. The quantitative estimate of drug-likeness (QED) is 0.349. The van der Waals surface area contributed by atoms with Gasteiger partial charge in [0.15, 0.2) is 0 Å². The first-order valence-corrected chi connectivity index (χ1v) is 13.4. The molecule has 3 rings (SSSR count). The summed E-state index contributed by atoms with van der Waals surface area (Å²) in [7, 11) is 1.49. The fourth-order valence-corrected chi connectivity index (χ4v) is 5.89. The van der Waals surface area contributed by atoms with Crippen LogP contribution in [0.1, 0.15) is 63.5 Å². The maximum absolute atomic E-state index is 15.7. The Morgan fingerprint density at radius 1 is 1.24 bits per heavy atom. The Bertz CT molecular complexity index is 1200. The van der Waals surface area contributed by atoms with Crippen molar-refractivity contribution >= 4 is 29.0 Å². The van der Waals surface area contributed by atoms with Crippen molar-refractivity contribution in [2.75, 3.05) is 13.7 Å². The van der Waals surface area contributed by atoms with Gasteiger partial charge in [0.05, 0.1) is 31.9 Å². The van der Waals surface area contributed by atoms with E-state index in [4.69, 9.17) is 33.0 Å². The van der Waals surface area contributed by atoms with E-state index in [1.165, 1.54) is 19.2 Å². The molecular weight excluding hydrogens is 530 g/mol. The van der Waals surface area contributed by atoms with Crippen LogP contribution in [-0.4, -0.2) is 47.9 Å². The molecule has 1 aliphatic heterocycles. The van der Waals surface area contributed by atoms with Crippen LogP contribution in [0.15, 0.2) is 36.4 Å². The van der Waals surface area contributed by atoms with E-state index in [0.717, 1.165) is 0 Å². The van der Waals surface area contributed by atoms with Crippen LogP contribution in [0, 0.1) is 22.6 Å². The van der Waals surface area contributed by atoms with Gasteiger partial charge in [-0.1, -0.05) is 50.0 Å². The number of hydrogen-bond donors (Lipinski definition) is 3. The van der Waals surface area contributed by atoms with E-state index in [1.807, 2.05) is 20.8 Å². The Kier molecular flexibility index (Phi) is 9.83. The topological polar surface area (TPSA) is 103 Å². The van der Waals surface area contributed by atoms with Gasteiger partial charge >= 0.3 is 0 Å². The lowest BCUT2D eigenvalue weighted by molar-refractivity contribution is -0.121. The lowest BCUT2D eigenvalue weighted by atomic mass is 9.62. The van der Waals surface area contributed by atoms with E-state index in [-0.39, 0.29) is 41.2 Å². The number of halogens is 3. The Morgan fingerprint density at radius 2 is 1.89 bits per heavy atom. The maximum Gasteiger partial charge on any atom is 0.150 e. The van der Waals surface area contributed by atoms with Crippen LogP contribution in [0.4, 0.5) is 4.39 Å². The molecule has 2 aromatic carbocycles. The molecule has 5 atom stereocenters. The Balaban J connectivity index is 2.27. The molecule has 0 spiro atoms. The number of aliphatic hydroxyl groups excluding tert-OH is 2. The molecule has 206 valence electrons. The predicted molar refractivity (Wildman–Crippen MR) is 146 cm³/mol. The largest absolute Gasteiger partial charge is 0.496 e. The zero-order valence-corrected chi connectivity index (χ0v) is 23.6. The number of Topliss-reactive ketones (excluding diaryl/α,β-unsaturated/α-hetero) is 1. The second kappa shape index (κ2) is 12.3. The monoisotopic (exact) mass is 564 g/mol. The van der Waals surface area contributed by atoms with E-state index in [9.17, 15) is 15.2 Å². The van der Waals surface area contributed by atoms with E-state index in [1.54, 1.807) is 24.3 Å². The molecule has 0 amide bonds. The van der Waals surface area contributed by atoms with Crippen molar-refractivity contribution in [2.45, 2.75) is 76.0 Å². The number of carbonyl (C=O) groups is 1. The maximum atomic E-state index is 15.7. The Labute approximate surface area is 233 Å². The number of aliphatic hydroxyl groups is 2. The number of carbonyl (C=O) groups excluding carboxylic acids is 1. The zero-order chi connectivity index (χ0) is 28.3. The minimum atomic E-state index is -1.51. The van der Waals surface area contributed by atoms with E-state index >= 15 is 4.39 Å². The van der Waals surface area contributed by atoms with Gasteiger partial charge in [-0.15, -0.1) is 0 Å². The van der Waals surface area contributed by atoms with Crippen LogP contribution in [0.5, 0.6) is 5.75 Å². The second-order valence-electron chi connectivity index (χ2n) is 11.1. The molecule has 0 unspecified atom stereocenters. The van der Waals surface area contributed by atoms with Crippen molar-refractivity contribution in [3.8, 4) is 11.8 Å². The highest BCUT2D eigenvalue weighted by molar-refractivity contribution is 6.31. The third kappa shape index (κ3) is 6.32. The first-order chi connectivity index (χ1) is 17.9. The SMILES string of the molecule is COc1ccc(Cl)cc1[C@H]1[C@H](C(=O)CCC[C@H](O)CO)N[C@@H](CC(C)(C)C)[C@]1(C#N)c1ccc(Cl)cc1F. The number of ether oxygens (including phenoxy) is 1. The van der Waals surface area contributed by atoms with Gasteiger partial charge in [-0.05, 0) is 55.0 Å². The number of ketones is 1. The number of hydrogen-bond acceptors (Lipinski definition) is 6. The summed E-state index contributed by atoms with van der Waals surface area (Å²) in [6, 6.07) is 10.2. The molecule has 3 N–H and O–H groups in total. The molecule has 0 aromatic heterocycles. The molecule has 1 fully saturated rings. The Hall–Kier alpha value is -2.21. The minimum absolute atomic E-state index is 0.0982. The summed E-state index contributed by atoms with van der Waals surface area (Å²) in [5.41, 5.74) is -1.11. The fraction of sp³-hybridized carbons (Fsp3) is 0.517. The van der Waals surface area contributed by atoms with Gasteiger partial charge < -0.3 is 20.3 Å². The molecule has 9 heteroatoms. The highest BCUT2D eigenvalue weighted by Gasteiger charge is 2.60. The van der Waals surface area contributed by atoms with Crippen LogP contribution in [-0.2, 0) is 10.2 Å². The van der Waals surface area contributed by atoms with Crippen LogP contribution in [0.3, 0.4) is 0 Å². The summed E-state index contributed by atoms with van der Waals surface area (Å²) >= 11 is 12.5. The van der Waals surface area contributed by atoms with Crippen molar-refractivity contribution < 1.29 is 24.1 Å². The van der Waals surface area contributed by atoms with Crippen molar-refractivity contribution in [2.24, 2.45) is 5.41 Å². The number of nitrogens with zero attached hydrogens (tertiary/aromatic N) is 1. The van der Waals surface area contributed by atoms with Crippen LogP contribution in [0.25, 0.3) is 0 Å². The Morgan fingerprint density at radius 3 is 2.47 bits per heavy atom. The molecule has 0 bridgehead atoms. The number of nitriles is 1. The third-order valence-corrected chi connectivity index (χ3v) is 7.65. The molecule has 1 heterocycles. The zero-order valence-electron chi connectivity index (χ0n) is 22.1. The molecule has 0 aliphatic carbocycles. The molecule has 2 aromatic rings. The standard InChI is InChI=1S/C29H35Cl2FN2O4/c1-28(2,3)14-25-29(16-33,21-10-8-18(31)13-22(21)32)26(20-12-17(30)9-11-24(20)38-4)27(34-25)23(37)7-5-6-19(36)15-35/h8-13,19,25-27,34-36H,5-7,14-15H2,1-4H3/t19-,25-,26-,27-,29-/m0/s1. The summed E-state index contributed by atoms with van der Waals surface area (Å²) in [4.78, 5) is 13.8. The van der Waals surface area contributed by atoms with Gasteiger partial charge in [0, 0.05) is 39.6 Å². The van der Waals surface area contributed by atoms with Crippen molar-refractivity contribution in [3.63, 3.8) is 0 Å². The number of nitrogens with one attached hydrogen (secondary N) is 1. The smallest absolute Gasteiger partial charge is 0.150 e. The summed E-state index contributed by atoms with van der Waals surface area (Å²) < 4.78 is 21.3. The van der Waals surface area contributed by atoms with Gasteiger partial charge in [0.1, 0.15) is 22.8 Å². The van der Waals surface area contributed by atoms with Crippen molar-refractivity contribution in [1.29, 1.82) is 5.26 Å². The van der Waals surface area contributed by atoms with Crippen LogP contribution >= 0.6 is 23.2 Å². The molecule has 38 heavy (non-hydrogen) atoms. The molecule has 1 saturated heterocycles. The second-order valence-corrected chi connectivity index (χ2v) is 12.0. The summed E-state index contributed by atoms with van der Waals surface area (Å²) in [5.74, 6) is -1.24. The van der Waals surface area contributed by atoms with Gasteiger partial charge in [-0.2, -0.15) is 5.26 Å². The summed E-state index contributed by atoms with van der Waals surface area (Å²) in [5, 5.41) is 33.8. The summed E-state index contributed by atoms with van der Waals surface area (Å²) in [6.45, 7) is 5.68. The molecule has 6 nitrogen and oxygen atoms in total. The molecule has 0 saturated carbocycles. The summed E-state index contributed by atoms with van der Waals surface area (Å²) in [6.07, 6.45) is 0.242. The molecule has 1 aliphatic rings. The highest BCUT2D eigenvalue weighted by atomic mass is 35.5. The van der Waals surface area contributed by atoms with Crippen LogP contribution < -0.4 is 10.1 Å². The van der Waals surface area contributed by atoms with Crippen molar-refractivity contribution in [3.05, 3.63) is 63.4 Å². The lowest BCUT2D eigenvalue weighted by Crippen LogP contribution is -2.44. The highest BCUT2D eigenvalue weighted by Crippen LogP contribution is 2.54. The van der Waals surface area contributed by atoms with E-state index in [0.29, 0.717) is 29.2 Å². The fourth-order valence-electron chi connectivity index (χ4n) is 5.55. The first kappa shape index (κ1) is 30.3. The van der Waals surface area contributed by atoms with E-state index in [2.05, 4.69) is 11.4 Å². The molecular formula is C29H35Cl2FN2O4. The molecule has 0 radical (unpaired) electrons. The average Bonchev–Trinajstić information content (AvgIpc) is 3.16. The normalized spacial score (nSPS) is 24.2. The number of rotatable bonds is 10. The van der Waals surface area contributed by atoms with Crippen molar-refractivity contribution in [1.82, 2.24) is 5.32 Å². The van der Waals surface area contributed by atoms with E-state index < -0.39 is 35.3 Å².